The summed E-state index contributed by atoms with van der Waals surface area (Å²) < 4.78 is 39.5. The van der Waals surface area contributed by atoms with E-state index in [1.807, 2.05) is 10.6 Å². The Bertz CT molecular complexity index is 1240. The van der Waals surface area contributed by atoms with Gasteiger partial charge in [-0.3, -0.25) is 9.48 Å². The monoisotopic (exact) mass is 445 g/mol. The minimum atomic E-state index is -2.60. The van der Waals surface area contributed by atoms with E-state index in [0.29, 0.717) is 28.8 Å². The minimum absolute atomic E-state index is 0.0249. The van der Waals surface area contributed by atoms with E-state index in [1.54, 1.807) is 29.9 Å². The van der Waals surface area contributed by atoms with E-state index in [-0.39, 0.29) is 29.4 Å². The lowest BCUT2D eigenvalue weighted by Gasteiger charge is -2.38. The van der Waals surface area contributed by atoms with Crippen LogP contribution in [0.15, 0.2) is 35.3 Å². The van der Waals surface area contributed by atoms with E-state index in [2.05, 4.69) is 25.9 Å². The molecule has 170 valence electrons. The number of ether oxygens (including phenoxy) is 2. The second-order valence-corrected chi connectivity index (χ2v) is 8.83. The van der Waals surface area contributed by atoms with Crippen molar-refractivity contribution in [1.82, 2.24) is 14.3 Å². The molecular formula is C23H25F2N3O4. The molecule has 2 aromatic heterocycles. The Labute approximate surface area is 183 Å². The van der Waals surface area contributed by atoms with Gasteiger partial charge in [-0.15, -0.1) is 0 Å². The van der Waals surface area contributed by atoms with Crippen molar-refractivity contribution in [2.24, 2.45) is 5.41 Å². The first kappa shape index (κ1) is 22.0. The molecule has 1 aliphatic heterocycles. The van der Waals surface area contributed by atoms with Gasteiger partial charge in [-0.05, 0) is 18.4 Å². The Morgan fingerprint density at radius 1 is 1.31 bits per heavy atom. The van der Waals surface area contributed by atoms with Crippen LogP contribution in [0.1, 0.15) is 44.1 Å². The maximum Gasteiger partial charge on any atom is 0.343 e. The number of fused-ring (bicyclic) bond motifs is 5. The maximum absolute atomic E-state index is 12.8. The van der Waals surface area contributed by atoms with E-state index in [9.17, 15) is 18.4 Å². The van der Waals surface area contributed by atoms with E-state index in [1.165, 1.54) is 6.07 Å². The van der Waals surface area contributed by atoms with Crippen molar-refractivity contribution < 1.29 is 23.0 Å². The standard InChI is InChI=1S/C23H25F2N3O4/c1-5-31-22(30)14-10-27-15(9-16(14)29)21-13-7-6-8-17(32-12-19(24)25)20(13)26-28(21)11-18(27)23(2,3)4/h6-10,18-19H,5,11-12H2,1-4H3. The maximum atomic E-state index is 12.8. The number of halogens is 2. The van der Waals surface area contributed by atoms with Gasteiger partial charge in [-0.2, -0.15) is 5.10 Å². The average Bonchev–Trinajstić information content (AvgIpc) is 3.10. The van der Waals surface area contributed by atoms with Crippen LogP contribution in [0.4, 0.5) is 8.78 Å². The van der Waals surface area contributed by atoms with Gasteiger partial charge in [-0.25, -0.2) is 13.6 Å². The molecule has 3 aromatic rings. The Balaban J connectivity index is 1.94. The van der Waals surface area contributed by atoms with Gasteiger partial charge in [0.05, 0.1) is 30.6 Å². The Hall–Kier alpha value is -3.23. The molecule has 0 bridgehead atoms. The number of carbonyl (C=O) groups excluding carboxylic acids is 1. The average molecular weight is 445 g/mol. The number of carbonyl (C=O) groups is 1. The van der Waals surface area contributed by atoms with Crippen LogP contribution in [-0.2, 0) is 11.3 Å². The predicted octanol–water partition coefficient (Wildman–Crippen LogP) is 4.29. The van der Waals surface area contributed by atoms with Gasteiger partial charge in [0, 0.05) is 17.6 Å². The number of alkyl halides is 2. The second-order valence-electron chi connectivity index (χ2n) is 8.83. The number of rotatable bonds is 5. The van der Waals surface area contributed by atoms with Crippen LogP contribution in [0, 0.1) is 5.41 Å². The van der Waals surface area contributed by atoms with E-state index in [4.69, 9.17) is 9.47 Å². The van der Waals surface area contributed by atoms with E-state index in [0.717, 1.165) is 0 Å². The molecule has 1 aliphatic rings. The highest BCUT2D eigenvalue weighted by atomic mass is 19.3. The highest BCUT2D eigenvalue weighted by Gasteiger charge is 2.35. The summed E-state index contributed by atoms with van der Waals surface area (Å²) in [6, 6.07) is 6.41. The number of esters is 1. The van der Waals surface area contributed by atoms with Crippen molar-refractivity contribution in [2.45, 2.75) is 46.7 Å². The van der Waals surface area contributed by atoms with Crippen LogP contribution < -0.4 is 10.2 Å². The number of hydrogen-bond donors (Lipinski definition) is 0. The molecule has 0 saturated carbocycles. The predicted molar refractivity (Wildman–Crippen MR) is 115 cm³/mol. The fourth-order valence-corrected chi connectivity index (χ4v) is 4.10. The number of nitrogens with zero attached hydrogens (tertiary/aromatic N) is 3. The number of benzene rings is 1. The lowest BCUT2D eigenvalue weighted by atomic mass is 9.85. The lowest BCUT2D eigenvalue weighted by molar-refractivity contribution is 0.0522. The molecule has 0 spiro atoms. The zero-order chi connectivity index (χ0) is 23.2. The minimum Gasteiger partial charge on any atom is -0.485 e. The number of hydrogen-bond acceptors (Lipinski definition) is 5. The third-order valence-corrected chi connectivity index (χ3v) is 5.60. The van der Waals surface area contributed by atoms with Gasteiger partial charge in [0.15, 0.2) is 5.43 Å². The van der Waals surface area contributed by atoms with Gasteiger partial charge < -0.3 is 14.0 Å². The van der Waals surface area contributed by atoms with Crippen molar-refractivity contribution in [3.63, 3.8) is 0 Å². The summed E-state index contributed by atoms with van der Waals surface area (Å²) in [5.74, 6) is -0.402. The van der Waals surface area contributed by atoms with Crippen molar-refractivity contribution in [3.8, 4) is 17.1 Å². The third kappa shape index (κ3) is 3.76. The molecule has 0 radical (unpaired) electrons. The van der Waals surface area contributed by atoms with Crippen LogP contribution in [0.2, 0.25) is 0 Å². The molecule has 32 heavy (non-hydrogen) atoms. The quantitative estimate of drug-likeness (QED) is 0.548. The highest BCUT2D eigenvalue weighted by Crippen LogP contribution is 2.43. The summed E-state index contributed by atoms with van der Waals surface area (Å²) in [6.07, 6.45) is -1.04. The summed E-state index contributed by atoms with van der Waals surface area (Å²) in [5.41, 5.74) is 1.02. The van der Waals surface area contributed by atoms with Crippen LogP contribution in [-0.4, -0.2) is 40.0 Å². The van der Waals surface area contributed by atoms with Crippen LogP contribution in [0.3, 0.4) is 0 Å². The highest BCUT2D eigenvalue weighted by molar-refractivity contribution is 5.97. The molecule has 4 rings (SSSR count). The molecule has 1 atom stereocenters. The molecule has 0 aliphatic carbocycles. The Kier molecular flexibility index (Phi) is 5.52. The van der Waals surface area contributed by atoms with Gasteiger partial charge in [-0.1, -0.05) is 32.9 Å². The van der Waals surface area contributed by atoms with Crippen molar-refractivity contribution in [3.05, 3.63) is 46.2 Å². The second kappa shape index (κ2) is 8.03. The normalized spacial score (nSPS) is 15.5. The molecular weight excluding hydrogens is 420 g/mol. The SMILES string of the molecule is CCOC(=O)c1cn2c(cc1=O)-c1c3cccc(OCC(F)F)c3nn1CC2C(C)(C)C. The molecule has 7 nitrogen and oxygen atoms in total. The first-order chi connectivity index (χ1) is 15.1. The fraction of sp³-hybridized carbons (Fsp3) is 0.435. The van der Waals surface area contributed by atoms with Gasteiger partial charge in [0.25, 0.3) is 6.43 Å². The molecule has 0 N–H and O–H groups in total. The van der Waals surface area contributed by atoms with Crippen LogP contribution in [0.5, 0.6) is 5.75 Å². The number of aromatic nitrogens is 3. The molecule has 0 fully saturated rings. The van der Waals surface area contributed by atoms with Crippen molar-refractivity contribution in [1.29, 1.82) is 0 Å². The summed E-state index contributed by atoms with van der Waals surface area (Å²) >= 11 is 0. The first-order valence-electron chi connectivity index (χ1n) is 10.5. The molecule has 1 unspecified atom stereocenters. The number of pyridine rings is 1. The zero-order valence-corrected chi connectivity index (χ0v) is 18.4. The summed E-state index contributed by atoms with van der Waals surface area (Å²) in [7, 11) is 0. The van der Waals surface area contributed by atoms with E-state index < -0.39 is 24.4 Å². The topological polar surface area (TPSA) is 75.3 Å². The van der Waals surface area contributed by atoms with E-state index >= 15 is 0 Å². The fourth-order valence-electron chi connectivity index (χ4n) is 4.10. The molecule has 0 saturated heterocycles. The summed E-state index contributed by atoms with van der Waals surface area (Å²) in [6.45, 7) is 7.79. The summed E-state index contributed by atoms with van der Waals surface area (Å²) in [5, 5.41) is 5.33. The van der Waals surface area contributed by atoms with Crippen molar-refractivity contribution in [2.75, 3.05) is 13.2 Å². The smallest absolute Gasteiger partial charge is 0.343 e. The zero-order valence-electron chi connectivity index (χ0n) is 18.4. The molecule has 1 aromatic carbocycles. The third-order valence-electron chi connectivity index (χ3n) is 5.60. The summed E-state index contributed by atoms with van der Waals surface area (Å²) in [4.78, 5) is 25.2. The van der Waals surface area contributed by atoms with Gasteiger partial charge >= 0.3 is 5.97 Å². The Morgan fingerprint density at radius 2 is 2.06 bits per heavy atom. The van der Waals surface area contributed by atoms with Crippen LogP contribution in [0.25, 0.3) is 22.3 Å². The molecule has 3 heterocycles. The molecule has 9 heteroatoms. The molecule has 0 amide bonds. The van der Waals surface area contributed by atoms with Gasteiger partial charge in [0.1, 0.15) is 23.4 Å². The van der Waals surface area contributed by atoms with Crippen LogP contribution >= 0.6 is 0 Å². The first-order valence-corrected chi connectivity index (χ1v) is 10.5. The van der Waals surface area contributed by atoms with Gasteiger partial charge in [0.2, 0.25) is 0 Å². The lowest BCUT2D eigenvalue weighted by Crippen LogP contribution is -2.35. The Morgan fingerprint density at radius 3 is 2.72 bits per heavy atom. The van der Waals surface area contributed by atoms with Crippen molar-refractivity contribution >= 4 is 16.9 Å². The largest absolute Gasteiger partial charge is 0.485 e.